The second-order valence-corrected chi connectivity index (χ2v) is 3.13. The van der Waals surface area contributed by atoms with Gasteiger partial charge < -0.3 is 10.1 Å². The van der Waals surface area contributed by atoms with Crippen molar-refractivity contribution < 1.29 is 4.79 Å². The summed E-state index contributed by atoms with van der Waals surface area (Å²) in [5, 5.41) is 3.17. The van der Waals surface area contributed by atoms with Crippen molar-refractivity contribution in [2.45, 2.75) is 18.4 Å². The van der Waals surface area contributed by atoms with Crippen LogP contribution >= 0.6 is 0 Å². The van der Waals surface area contributed by atoms with Crippen molar-refractivity contribution in [3.05, 3.63) is 24.5 Å². The summed E-state index contributed by atoms with van der Waals surface area (Å²) < 4.78 is 0. The number of aromatic nitrogens is 1. The van der Waals surface area contributed by atoms with Crippen molar-refractivity contribution in [2.75, 3.05) is 5.32 Å². The number of hydrogen-bond donors (Lipinski definition) is 1. The second-order valence-electron chi connectivity index (χ2n) is 3.13. The molecule has 0 radical (unpaired) electrons. The molecule has 1 aliphatic rings. The lowest BCUT2D eigenvalue weighted by molar-refractivity contribution is -0.109. The molecule has 1 aromatic rings. The van der Waals surface area contributed by atoms with E-state index in [9.17, 15) is 4.79 Å². The fourth-order valence-corrected chi connectivity index (χ4v) is 1.13. The van der Waals surface area contributed by atoms with Gasteiger partial charge in [-0.15, -0.1) is 0 Å². The fourth-order valence-electron chi connectivity index (χ4n) is 1.13. The fraction of sp³-hybridized carbons (Fsp3) is 0.333. The van der Waals surface area contributed by atoms with Crippen LogP contribution in [0.3, 0.4) is 0 Å². The zero-order chi connectivity index (χ0) is 8.44. The Labute approximate surface area is 70.8 Å². The average molecular weight is 162 g/mol. The first-order chi connectivity index (χ1) is 5.85. The molecule has 0 unspecified atom stereocenters. The Balaban J connectivity index is 2.09. The van der Waals surface area contributed by atoms with Crippen molar-refractivity contribution in [3.63, 3.8) is 0 Å². The van der Waals surface area contributed by atoms with Crippen LogP contribution in [0.5, 0.6) is 0 Å². The molecule has 1 heterocycles. The number of pyridine rings is 1. The number of carbonyl (C=O) groups excluding carboxylic acids is 1. The van der Waals surface area contributed by atoms with Crippen molar-refractivity contribution in [1.82, 2.24) is 4.98 Å². The van der Waals surface area contributed by atoms with Crippen LogP contribution in [0, 0.1) is 0 Å². The van der Waals surface area contributed by atoms with Crippen LogP contribution in [0.15, 0.2) is 24.5 Å². The monoisotopic (exact) mass is 162 g/mol. The summed E-state index contributed by atoms with van der Waals surface area (Å²) in [5.41, 5.74) is 0.705. The molecule has 1 saturated carbocycles. The quantitative estimate of drug-likeness (QED) is 0.679. The minimum absolute atomic E-state index is 0.263. The molecule has 2 rings (SSSR count). The largest absolute Gasteiger partial charge is 0.373 e. The van der Waals surface area contributed by atoms with E-state index in [2.05, 4.69) is 10.3 Å². The van der Waals surface area contributed by atoms with Gasteiger partial charge in [0.25, 0.3) is 0 Å². The van der Waals surface area contributed by atoms with E-state index in [1.54, 1.807) is 12.4 Å². The molecule has 3 nitrogen and oxygen atoms in total. The molecule has 0 aromatic carbocycles. The molecule has 0 spiro atoms. The number of carbonyl (C=O) groups is 1. The van der Waals surface area contributed by atoms with Gasteiger partial charge in [-0.3, -0.25) is 4.98 Å². The number of nitrogens with one attached hydrogen (secondary N) is 1. The third kappa shape index (κ3) is 1.30. The summed E-state index contributed by atoms with van der Waals surface area (Å²) in [6.45, 7) is 0. The minimum atomic E-state index is -0.263. The van der Waals surface area contributed by atoms with Crippen molar-refractivity contribution >= 4 is 12.0 Å². The molecule has 0 aliphatic heterocycles. The molecule has 1 fully saturated rings. The molecule has 1 aliphatic carbocycles. The zero-order valence-electron chi connectivity index (χ0n) is 6.66. The number of nitrogens with zero attached hydrogens (tertiary/aromatic N) is 1. The maximum atomic E-state index is 10.6. The maximum Gasteiger partial charge on any atom is 0.145 e. The highest BCUT2D eigenvalue weighted by atomic mass is 16.1. The summed E-state index contributed by atoms with van der Waals surface area (Å²) in [7, 11) is 0. The van der Waals surface area contributed by atoms with E-state index in [0.717, 1.165) is 24.8 Å². The van der Waals surface area contributed by atoms with Crippen molar-refractivity contribution in [2.24, 2.45) is 0 Å². The van der Waals surface area contributed by atoms with Crippen molar-refractivity contribution in [3.8, 4) is 0 Å². The van der Waals surface area contributed by atoms with Crippen LogP contribution in [0.4, 0.5) is 5.69 Å². The van der Waals surface area contributed by atoms with Crippen LogP contribution < -0.4 is 5.32 Å². The smallest absolute Gasteiger partial charge is 0.145 e. The molecular formula is C9H10N2O. The number of hydrogen-bond acceptors (Lipinski definition) is 3. The van der Waals surface area contributed by atoms with Crippen LogP contribution in [0.25, 0.3) is 0 Å². The summed E-state index contributed by atoms with van der Waals surface area (Å²) in [4.78, 5) is 14.5. The van der Waals surface area contributed by atoms with Crippen LogP contribution in [-0.2, 0) is 4.79 Å². The van der Waals surface area contributed by atoms with E-state index >= 15 is 0 Å². The van der Waals surface area contributed by atoms with E-state index < -0.39 is 0 Å². The van der Waals surface area contributed by atoms with E-state index in [0.29, 0.717) is 0 Å². The SMILES string of the molecule is O=CC1(Nc2ccncc2)CC1. The van der Waals surface area contributed by atoms with Gasteiger partial charge in [0.15, 0.2) is 0 Å². The second kappa shape index (κ2) is 2.59. The molecule has 0 atom stereocenters. The predicted molar refractivity (Wildman–Crippen MR) is 45.9 cm³/mol. The molecule has 1 N–H and O–H groups in total. The first-order valence-electron chi connectivity index (χ1n) is 3.99. The third-order valence-corrected chi connectivity index (χ3v) is 2.09. The summed E-state index contributed by atoms with van der Waals surface area (Å²) in [6, 6.07) is 3.73. The van der Waals surface area contributed by atoms with Gasteiger partial charge in [-0.2, -0.15) is 0 Å². The first kappa shape index (κ1) is 7.28. The third-order valence-electron chi connectivity index (χ3n) is 2.09. The highest BCUT2D eigenvalue weighted by molar-refractivity contribution is 5.74. The molecule has 0 amide bonds. The summed E-state index contributed by atoms with van der Waals surface area (Å²) >= 11 is 0. The van der Waals surface area contributed by atoms with Gasteiger partial charge in [-0.1, -0.05) is 0 Å². The Morgan fingerprint density at radius 2 is 2.08 bits per heavy atom. The molecule has 0 bridgehead atoms. The molecule has 62 valence electrons. The number of anilines is 1. The van der Waals surface area contributed by atoms with Gasteiger partial charge in [-0.05, 0) is 25.0 Å². The highest BCUT2D eigenvalue weighted by Crippen LogP contribution is 2.36. The lowest BCUT2D eigenvalue weighted by Crippen LogP contribution is -2.22. The Morgan fingerprint density at radius 3 is 2.58 bits per heavy atom. The number of aldehydes is 1. The van der Waals surface area contributed by atoms with E-state index in [1.165, 1.54) is 0 Å². The molecule has 1 aromatic heterocycles. The minimum Gasteiger partial charge on any atom is -0.373 e. The average Bonchev–Trinajstić information content (AvgIpc) is 2.88. The molecule has 0 saturated heterocycles. The molecule has 12 heavy (non-hydrogen) atoms. The van der Waals surface area contributed by atoms with Gasteiger partial charge in [0.1, 0.15) is 6.29 Å². The standard InChI is InChI=1S/C9H10N2O/c12-7-9(3-4-9)11-8-1-5-10-6-2-8/h1-2,5-7H,3-4H2,(H,10,11). The topological polar surface area (TPSA) is 42.0 Å². The molecule has 3 heteroatoms. The Hall–Kier alpha value is -1.38. The van der Waals surface area contributed by atoms with E-state index in [-0.39, 0.29) is 5.54 Å². The highest BCUT2D eigenvalue weighted by Gasteiger charge is 2.42. The van der Waals surface area contributed by atoms with Crippen LogP contribution in [-0.4, -0.2) is 16.8 Å². The van der Waals surface area contributed by atoms with Crippen molar-refractivity contribution in [1.29, 1.82) is 0 Å². The summed E-state index contributed by atoms with van der Waals surface area (Å²) in [5.74, 6) is 0. The van der Waals surface area contributed by atoms with Gasteiger partial charge in [0.2, 0.25) is 0 Å². The van der Waals surface area contributed by atoms with Gasteiger partial charge >= 0.3 is 0 Å². The van der Waals surface area contributed by atoms with Gasteiger partial charge in [-0.25, -0.2) is 0 Å². The van der Waals surface area contributed by atoms with E-state index in [1.807, 2.05) is 12.1 Å². The number of rotatable bonds is 3. The lowest BCUT2D eigenvalue weighted by Gasteiger charge is -2.10. The maximum absolute atomic E-state index is 10.6. The lowest BCUT2D eigenvalue weighted by atomic mass is 10.3. The van der Waals surface area contributed by atoms with Crippen LogP contribution in [0.1, 0.15) is 12.8 Å². The van der Waals surface area contributed by atoms with E-state index in [4.69, 9.17) is 0 Å². The Morgan fingerprint density at radius 1 is 1.42 bits per heavy atom. The van der Waals surface area contributed by atoms with Gasteiger partial charge in [0, 0.05) is 18.1 Å². The Bertz CT molecular complexity index is 280. The summed E-state index contributed by atoms with van der Waals surface area (Å²) in [6.07, 6.45) is 6.30. The van der Waals surface area contributed by atoms with Gasteiger partial charge in [0.05, 0.1) is 5.54 Å². The normalized spacial score (nSPS) is 18.3. The first-order valence-corrected chi connectivity index (χ1v) is 3.99. The zero-order valence-corrected chi connectivity index (χ0v) is 6.66. The Kier molecular flexibility index (Phi) is 1.57. The predicted octanol–water partition coefficient (Wildman–Crippen LogP) is 1.22. The molecular weight excluding hydrogens is 152 g/mol. The van der Waals surface area contributed by atoms with Crippen LogP contribution in [0.2, 0.25) is 0 Å².